The first-order valence-electron chi connectivity index (χ1n) is 6.35. The topological polar surface area (TPSA) is 59.0 Å². The second kappa shape index (κ2) is 6.53. The van der Waals surface area contributed by atoms with Crippen LogP contribution in [-0.4, -0.2) is 12.7 Å². The molecule has 0 aliphatic heterocycles. The normalized spacial score (nSPS) is 16.0. The van der Waals surface area contributed by atoms with Gasteiger partial charge in [-0.2, -0.15) is 5.26 Å². The van der Waals surface area contributed by atoms with Gasteiger partial charge in [0.1, 0.15) is 0 Å². The molecule has 0 amide bonds. The molecular weight excluding hydrogens is 224 g/mol. The third-order valence-corrected chi connectivity index (χ3v) is 2.89. The van der Waals surface area contributed by atoms with Crippen LogP contribution in [0, 0.1) is 17.2 Å². The Balaban J connectivity index is 2.65. The third kappa shape index (κ3) is 4.14. The van der Waals surface area contributed by atoms with Crippen LogP contribution in [0.5, 0.6) is 0 Å². The molecule has 0 bridgehead atoms. The highest BCUT2D eigenvalue weighted by Gasteiger charge is 2.28. The Morgan fingerprint density at radius 1 is 1.28 bits per heavy atom. The Bertz CT molecular complexity index is 397. The van der Waals surface area contributed by atoms with Crippen LogP contribution in [0.3, 0.4) is 0 Å². The maximum Gasteiger partial charge on any atom is 0.153 e. The van der Waals surface area contributed by atoms with E-state index in [9.17, 15) is 5.26 Å². The van der Waals surface area contributed by atoms with Gasteiger partial charge in [0.15, 0.2) is 5.54 Å². The molecule has 3 nitrogen and oxygen atoms in total. The number of nitrogens with two attached hydrogens (primary N) is 1. The summed E-state index contributed by atoms with van der Waals surface area (Å²) >= 11 is 0. The minimum Gasteiger partial charge on any atom is -0.375 e. The van der Waals surface area contributed by atoms with E-state index in [1.807, 2.05) is 37.3 Å². The average molecular weight is 246 g/mol. The lowest BCUT2D eigenvalue weighted by Crippen LogP contribution is -2.41. The van der Waals surface area contributed by atoms with E-state index in [0.717, 1.165) is 12.0 Å². The zero-order valence-electron chi connectivity index (χ0n) is 11.4. The minimum absolute atomic E-state index is 0.116. The molecular formula is C15H22N2O. The zero-order valence-corrected chi connectivity index (χ0v) is 11.4. The molecule has 1 aromatic carbocycles. The number of hydrogen-bond donors (Lipinski definition) is 1. The lowest BCUT2D eigenvalue weighted by molar-refractivity contribution is 0.0302. The molecule has 0 saturated heterocycles. The number of benzene rings is 1. The Morgan fingerprint density at radius 2 is 1.89 bits per heavy atom. The van der Waals surface area contributed by atoms with Crippen molar-refractivity contribution in [1.29, 1.82) is 5.26 Å². The highest BCUT2D eigenvalue weighted by molar-refractivity contribution is 5.30. The van der Waals surface area contributed by atoms with Crippen molar-refractivity contribution in [3.05, 3.63) is 35.9 Å². The predicted octanol–water partition coefficient (Wildman–Crippen LogP) is 2.82. The van der Waals surface area contributed by atoms with E-state index in [1.54, 1.807) is 0 Å². The van der Waals surface area contributed by atoms with Gasteiger partial charge in [0.25, 0.3) is 0 Å². The predicted molar refractivity (Wildman–Crippen MR) is 72.8 cm³/mol. The molecule has 1 aromatic rings. The smallest absolute Gasteiger partial charge is 0.153 e. The van der Waals surface area contributed by atoms with E-state index in [-0.39, 0.29) is 12.7 Å². The molecule has 0 aromatic heterocycles. The molecule has 0 spiro atoms. The number of ether oxygens (including phenoxy) is 1. The summed E-state index contributed by atoms with van der Waals surface area (Å²) in [6.45, 7) is 6.54. The van der Waals surface area contributed by atoms with Crippen molar-refractivity contribution in [2.24, 2.45) is 11.7 Å². The van der Waals surface area contributed by atoms with Gasteiger partial charge in [0.05, 0.1) is 18.8 Å². The van der Waals surface area contributed by atoms with Gasteiger partial charge in [0, 0.05) is 0 Å². The van der Waals surface area contributed by atoms with Crippen molar-refractivity contribution < 1.29 is 4.74 Å². The van der Waals surface area contributed by atoms with E-state index in [1.165, 1.54) is 0 Å². The molecule has 2 N–H and O–H groups in total. The Kier molecular flexibility index (Phi) is 5.33. The second-order valence-corrected chi connectivity index (χ2v) is 5.20. The van der Waals surface area contributed by atoms with Gasteiger partial charge < -0.3 is 10.5 Å². The van der Waals surface area contributed by atoms with E-state index >= 15 is 0 Å². The second-order valence-electron chi connectivity index (χ2n) is 5.20. The summed E-state index contributed by atoms with van der Waals surface area (Å²) < 4.78 is 5.72. The average Bonchev–Trinajstić information content (AvgIpc) is 2.36. The molecule has 0 heterocycles. The molecule has 1 rings (SSSR count). The maximum absolute atomic E-state index is 9.28. The quantitative estimate of drug-likeness (QED) is 0.839. The van der Waals surface area contributed by atoms with Gasteiger partial charge in [-0.25, -0.2) is 0 Å². The zero-order chi connectivity index (χ0) is 13.6. The Hall–Kier alpha value is -1.37. The van der Waals surface area contributed by atoms with Gasteiger partial charge in [-0.3, -0.25) is 0 Å². The van der Waals surface area contributed by atoms with Crippen molar-refractivity contribution in [1.82, 2.24) is 0 Å². The summed E-state index contributed by atoms with van der Waals surface area (Å²) in [5, 5.41) is 9.28. The standard InChI is InChI=1S/C15H22N2O/c1-12(2)9-13(3)18-11-15(17,10-16)14-7-5-4-6-8-14/h4-8,12-13H,9,11,17H2,1-3H3. The van der Waals surface area contributed by atoms with Gasteiger partial charge in [-0.15, -0.1) is 0 Å². The number of nitriles is 1. The van der Waals surface area contributed by atoms with E-state index in [4.69, 9.17) is 10.5 Å². The summed E-state index contributed by atoms with van der Waals surface area (Å²) in [7, 11) is 0. The van der Waals surface area contributed by atoms with Gasteiger partial charge >= 0.3 is 0 Å². The van der Waals surface area contributed by atoms with Crippen LogP contribution in [0.4, 0.5) is 0 Å². The van der Waals surface area contributed by atoms with Gasteiger partial charge in [-0.05, 0) is 24.8 Å². The molecule has 3 heteroatoms. The molecule has 2 unspecified atom stereocenters. The number of hydrogen-bond acceptors (Lipinski definition) is 3. The molecule has 2 atom stereocenters. The summed E-state index contributed by atoms with van der Waals surface area (Å²) in [4.78, 5) is 0. The monoisotopic (exact) mass is 246 g/mol. The first-order chi connectivity index (χ1) is 8.48. The fourth-order valence-electron chi connectivity index (χ4n) is 1.92. The largest absolute Gasteiger partial charge is 0.375 e. The van der Waals surface area contributed by atoms with Crippen LogP contribution in [0.1, 0.15) is 32.8 Å². The maximum atomic E-state index is 9.28. The SMILES string of the molecule is CC(C)CC(C)OCC(N)(C#N)c1ccccc1. The molecule has 0 saturated carbocycles. The lowest BCUT2D eigenvalue weighted by atomic mass is 9.93. The van der Waals surface area contributed by atoms with Crippen molar-refractivity contribution in [3.8, 4) is 6.07 Å². The van der Waals surface area contributed by atoms with Crippen LogP contribution in [0.2, 0.25) is 0 Å². The third-order valence-electron chi connectivity index (χ3n) is 2.89. The first-order valence-corrected chi connectivity index (χ1v) is 6.35. The summed E-state index contributed by atoms with van der Waals surface area (Å²) in [5.41, 5.74) is 5.84. The highest BCUT2D eigenvalue weighted by Crippen LogP contribution is 2.19. The van der Waals surface area contributed by atoms with Crippen molar-refractivity contribution >= 4 is 0 Å². The molecule has 98 valence electrons. The van der Waals surface area contributed by atoms with Crippen molar-refractivity contribution in [3.63, 3.8) is 0 Å². The number of rotatable bonds is 6. The van der Waals surface area contributed by atoms with E-state index < -0.39 is 5.54 Å². The van der Waals surface area contributed by atoms with Crippen LogP contribution < -0.4 is 5.73 Å². The van der Waals surface area contributed by atoms with E-state index in [0.29, 0.717) is 5.92 Å². The summed E-state index contributed by atoms with van der Waals surface area (Å²) in [6.07, 6.45) is 1.08. The number of nitrogens with zero attached hydrogens (tertiary/aromatic N) is 1. The molecule has 0 aliphatic rings. The molecule has 0 aliphatic carbocycles. The van der Waals surface area contributed by atoms with Crippen molar-refractivity contribution in [2.75, 3.05) is 6.61 Å². The summed E-state index contributed by atoms with van der Waals surface area (Å²) in [6, 6.07) is 11.5. The molecule has 0 radical (unpaired) electrons. The highest BCUT2D eigenvalue weighted by atomic mass is 16.5. The Labute approximate surface area is 110 Å². The minimum atomic E-state index is -1.06. The van der Waals surface area contributed by atoms with Crippen LogP contribution >= 0.6 is 0 Å². The van der Waals surface area contributed by atoms with Crippen LogP contribution in [0.15, 0.2) is 30.3 Å². The summed E-state index contributed by atoms with van der Waals surface area (Å²) in [5.74, 6) is 0.575. The van der Waals surface area contributed by atoms with Gasteiger partial charge in [0.2, 0.25) is 0 Å². The molecule has 18 heavy (non-hydrogen) atoms. The first kappa shape index (κ1) is 14.7. The van der Waals surface area contributed by atoms with Crippen molar-refractivity contribution in [2.45, 2.75) is 38.8 Å². The van der Waals surface area contributed by atoms with Gasteiger partial charge in [-0.1, -0.05) is 44.2 Å². The van der Waals surface area contributed by atoms with E-state index in [2.05, 4.69) is 19.9 Å². The van der Waals surface area contributed by atoms with Crippen LogP contribution in [0.25, 0.3) is 0 Å². The van der Waals surface area contributed by atoms with Crippen LogP contribution in [-0.2, 0) is 10.3 Å². The molecule has 0 fully saturated rings. The fraction of sp³-hybridized carbons (Fsp3) is 0.533. The fourth-order valence-corrected chi connectivity index (χ4v) is 1.92. The lowest BCUT2D eigenvalue weighted by Gasteiger charge is -2.25. The Morgan fingerprint density at radius 3 is 2.39 bits per heavy atom.